The molecule has 0 saturated carbocycles. The standard InChI is InChI=1S/C19H26ClN3O3/c1-2-21(13-18(24)25)15-6-9-22(10-7-15)17-8-11-23(19(17)26)16-5-3-4-14(20)12-16/h3-5,12,15,17H,2,6-11,13H2,1H3,(H,24,25). The third-order valence-corrected chi connectivity index (χ3v) is 5.73. The van der Waals surface area contributed by atoms with Gasteiger partial charge in [0.2, 0.25) is 5.91 Å². The number of carbonyl (C=O) groups is 2. The molecular weight excluding hydrogens is 354 g/mol. The molecule has 1 unspecified atom stereocenters. The van der Waals surface area contributed by atoms with Crippen molar-refractivity contribution in [3.8, 4) is 0 Å². The Morgan fingerprint density at radius 2 is 2.00 bits per heavy atom. The van der Waals surface area contributed by atoms with Gasteiger partial charge in [-0.1, -0.05) is 24.6 Å². The highest BCUT2D eigenvalue weighted by Crippen LogP contribution is 2.28. The van der Waals surface area contributed by atoms with Crippen LogP contribution in [-0.4, -0.2) is 71.6 Å². The number of amides is 1. The normalized spacial score (nSPS) is 22.3. The van der Waals surface area contributed by atoms with Gasteiger partial charge in [0.15, 0.2) is 0 Å². The van der Waals surface area contributed by atoms with Crippen molar-refractivity contribution < 1.29 is 14.7 Å². The Hall–Kier alpha value is -1.63. The van der Waals surface area contributed by atoms with Gasteiger partial charge in [0.1, 0.15) is 0 Å². The SMILES string of the molecule is CCN(CC(=O)O)C1CCN(C2CCN(c3cccc(Cl)c3)C2=O)CC1. The number of hydrogen-bond acceptors (Lipinski definition) is 4. The summed E-state index contributed by atoms with van der Waals surface area (Å²) in [6, 6.07) is 7.64. The van der Waals surface area contributed by atoms with E-state index in [-0.39, 0.29) is 24.5 Å². The van der Waals surface area contributed by atoms with E-state index in [9.17, 15) is 9.59 Å². The molecule has 0 radical (unpaired) electrons. The molecule has 0 spiro atoms. The van der Waals surface area contributed by atoms with E-state index in [0.29, 0.717) is 11.6 Å². The predicted octanol–water partition coefficient (Wildman–Crippen LogP) is 2.32. The second-order valence-corrected chi connectivity index (χ2v) is 7.43. The van der Waals surface area contributed by atoms with Gasteiger partial charge < -0.3 is 10.0 Å². The summed E-state index contributed by atoms with van der Waals surface area (Å²) >= 11 is 6.06. The molecule has 2 fully saturated rings. The first-order valence-electron chi connectivity index (χ1n) is 9.26. The van der Waals surface area contributed by atoms with E-state index in [1.165, 1.54) is 0 Å². The second kappa shape index (κ2) is 8.37. The van der Waals surface area contributed by atoms with Gasteiger partial charge >= 0.3 is 5.97 Å². The number of carbonyl (C=O) groups excluding carboxylic acids is 1. The maximum atomic E-state index is 12.9. The van der Waals surface area contributed by atoms with Gasteiger partial charge in [-0.15, -0.1) is 0 Å². The molecule has 0 aromatic heterocycles. The Balaban J connectivity index is 1.58. The molecule has 6 nitrogen and oxygen atoms in total. The predicted molar refractivity (Wildman–Crippen MR) is 102 cm³/mol. The van der Waals surface area contributed by atoms with Crippen molar-refractivity contribution in [2.45, 2.75) is 38.3 Å². The highest BCUT2D eigenvalue weighted by Gasteiger charge is 2.38. The van der Waals surface area contributed by atoms with Crippen LogP contribution in [0.1, 0.15) is 26.2 Å². The molecule has 0 aliphatic carbocycles. The molecule has 1 N–H and O–H groups in total. The maximum absolute atomic E-state index is 12.9. The van der Waals surface area contributed by atoms with Gasteiger partial charge in [0.25, 0.3) is 0 Å². The second-order valence-electron chi connectivity index (χ2n) is 7.00. The quantitative estimate of drug-likeness (QED) is 0.821. The summed E-state index contributed by atoms with van der Waals surface area (Å²) in [6.45, 7) is 5.21. The minimum atomic E-state index is -0.780. The Kier molecular flexibility index (Phi) is 6.16. The Bertz CT molecular complexity index is 661. The monoisotopic (exact) mass is 379 g/mol. The van der Waals surface area contributed by atoms with Crippen LogP contribution >= 0.6 is 11.6 Å². The number of likely N-dealkylation sites (N-methyl/N-ethyl adjacent to an activating group) is 1. The summed E-state index contributed by atoms with van der Waals surface area (Å²) in [5, 5.41) is 9.69. The number of hydrogen-bond donors (Lipinski definition) is 1. The fourth-order valence-corrected chi connectivity index (χ4v) is 4.32. The molecule has 3 rings (SSSR count). The summed E-state index contributed by atoms with van der Waals surface area (Å²) in [7, 11) is 0. The number of rotatable bonds is 6. The minimum Gasteiger partial charge on any atom is -0.480 e. The minimum absolute atomic E-state index is 0.0792. The zero-order valence-electron chi connectivity index (χ0n) is 15.1. The van der Waals surface area contributed by atoms with E-state index in [2.05, 4.69) is 4.90 Å². The number of halogens is 1. The number of anilines is 1. The number of piperidine rings is 1. The highest BCUT2D eigenvalue weighted by molar-refractivity contribution is 6.31. The van der Waals surface area contributed by atoms with Crippen LogP contribution in [0.4, 0.5) is 5.69 Å². The zero-order valence-corrected chi connectivity index (χ0v) is 15.9. The van der Waals surface area contributed by atoms with Gasteiger partial charge in [-0.25, -0.2) is 0 Å². The molecule has 142 valence electrons. The molecule has 2 aliphatic rings. The lowest BCUT2D eigenvalue weighted by atomic mass is 10.0. The largest absolute Gasteiger partial charge is 0.480 e. The summed E-state index contributed by atoms with van der Waals surface area (Å²) in [6.07, 6.45) is 2.63. The van der Waals surface area contributed by atoms with Crippen molar-refractivity contribution in [3.05, 3.63) is 29.3 Å². The van der Waals surface area contributed by atoms with Crippen LogP contribution in [0, 0.1) is 0 Å². The van der Waals surface area contributed by atoms with E-state index >= 15 is 0 Å². The fourth-order valence-electron chi connectivity index (χ4n) is 4.14. The lowest BCUT2D eigenvalue weighted by Gasteiger charge is -2.39. The molecule has 1 aromatic carbocycles. The van der Waals surface area contributed by atoms with E-state index < -0.39 is 5.97 Å². The van der Waals surface area contributed by atoms with Gasteiger partial charge in [-0.2, -0.15) is 0 Å². The van der Waals surface area contributed by atoms with Gasteiger partial charge in [-0.3, -0.25) is 19.4 Å². The Morgan fingerprint density at radius 3 is 2.62 bits per heavy atom. The van der Waals surface area contributed by atoms with E-state index in [0.717, 1.165) is 44.6 Å². The molecule has 2 aliphatic heterocycles. The zero-order chi connectivity index (χ0) is 18.7. The van der Waals surface area contributed by atoms with Crippen LogP contribution in [0.3, 0.4) is 0 Å². The molecule has 0 bridgehead atoms. The van der Waals surface area contributed by atoms with Crippen LogP contribution in [-0.2, 0) is 9.59 Å². The van der Waals surface area contributed by atoms with Crippen molar-refractivity contribution in [3.63, 3.8) is 0 Å². The summed E-state index contributed by atoms with van der Waals surface area (Å²) in [5.74, 6) is -0.638. The number of benzene rings is 1. The highest BCUT2D eigenvalue weighted by atomic mass is 35.5. The number of aliphatic carboxylic acids is 1. The van der Waals surface area contributed by atoms with Gasteiger partial charge in [-0.05, 0) is 44.0 Å². The summed E-state index contributed by atoms with van der Waals surface area (Å²) < 4.78 is 0. The lowest BCUT2D eigenvalue weighted by molar-refractivity contribution is -0.139. The average molecular weight is 380 g/mol. The van der Waals surface area contributed by atoms with Crippen LogP contribution in [0.5, 0.6) is 0 Å². The maximum Gasteiger partial charge on any atom is 0.317 e. The molecule has 1 amide bonds. The lowest BCUT2D eigenvalue weighted by Crippen LogP contribution is -2.51. The first-order valence-corrected chi connectivity index (χ1v) is 9.64. The van der Waals surface area contributed by atoms with Crippen LogP contribution in [0.2, 0.25) is 5.02 Å². The van der Waals surface area contributed by atoms with Gasteiger partial charge in [0, 0.05) is 36.4 Å². The van der Waals surface area contributed by atoms with Crippen LogP contribution in [0.25, 0.3) is 0 Å². The number of likely N-dealkylation sites (tertiary alicyclic amines) is 1. The van der Waals surface area contributed by atoms with Crippen molar-refractivity contribution in [1.29, 1.82) is 0 Å². The third kappa shape index (κ3) is 4.19. The number of carboxylic acid groups (broad SMARTS) is 1. The first-order chi connectivity index (χ1) is 12.5. The van der Waals surface area contributed by atoms with Crippen molar-refractivity contribution in [2.24, 2.45) is 0 Å². The summed E-state index contributed by atoms with van der Waals surface area (Å²) in [5.41, 5.74) is 0.860. The van der Waals surface area contributed by atoms with Crippen molar-refractivity contribution >= 4 is 29.2 Å². The summed E-state index contributed by atoms with van der Waals surface area (Å²) in [4.78, 5) is 30.0. The molecule has 26 heavy (non-hydrogen) atoms. The van der Waals surface area contributed by atoms with Crippen molar-refractivity contribution in [1.82, 2.24) is 9.80 Å². The topological polar surface area (TPSA) is 64.1 Å². The van der Waals surface area contributed by atoms with E-state index in [4.69, 9.17) is 16.7 Å². The van der Waals surface area contributed by atoms with E-state index in [1.54, 1.807) is 0 Å². The van der Waals surface area contributed by atoms with E-state index in [1.807, 2.05) is 41.0 Å². The molecule has 1 aromatic rings. The number of carboxylic acids is 1. The molecule has 2 saturated heterocycles. The Morgan fingerprint density at radius 1 is 1.27 bits per heavy atom. The first kappa shape index (κ1) is 19.1. The molecule has 7 heteroatoms. The average Bonchev–Trinajstić information content (AvgIpc) is 3.01. The van der Waals surface area contributed by atoms with Crippen molar-refractivity contribution in [2.75, 3.05) is 37.6 Å². The molecular formula is C19H26ClN3O3. The molecule has 1 atom stereocenters. The smallest absolute Gasteiger partial charge is 0.317 e. The third-order valence-electron chi connectivity index (χ3n) is 5.50. The van der Waals surface area contributed by atoms with Crippen LogP contribution in [0.15, 0.2) is 24.3 Å². The van der Waals surface area contributed by atoms with Gasteiger partial charge in [0.05, 0.1) is 12.6 Å². The Labute approximate surface area is 159 Å². The molecule has 2 heterocycles. The van der Waals surface area contributed by atoms with Crippen LogP contribution < -0.4 is 4.90 Å². The number of nitrogens with zero attached hydrogens (tertiary/aromatic N) is 3. The fraction of sp³-hybridized carbons (Fsp3) is 0.579.